The van der Waals surface area contributed by atoms with E-state index in [0.717, 1.165) is 35.8 Å². The van der Waals surface area contributed by atoms with Gasteiger partial charge in [-0.05, 0) is 56.4 Å². The van der Waals surface area contributed by atoms with Gasteiger partial charge in [-0.3, -0.25) is 9.57 Å². The van der Waals surface area contributed by atoms with Crippen molar-refractivity contribution in [3.63, 3.8) is 0 Å². The Labute approximate surface area is 220 Å². The molecule has 2 aromatic rings. The van der Waals surface area contributed by atoms with Crippen LogP contribution in [0.2, 0.25) is 0 Å². The van der Waals surface area contributed by atoms with E-state index in [2.05, 4.69) is 28.4 Å². The van der Waals surface area contributed by atoms with Crippen LogP contribution in [0.3, 0.4) is 0 Å². The zero-order valence-electron chi connectivity index (χ0n) is 21.8. The van der Waals surface area contributed by atoms with Crippen LogP contribution in [0.25, 0.3) is 11.3 Å². The van der Waals surface area contributed by atoms with Gasteiger partial charge in [0.15, 0.2) is 5.76 Å². The van der Waals surface area contributed by atoms with E-state index in [1.54, 1.807) is 0 Å². The lowest BCUT2D eigenvalue weighted by molar-refractivity contribution is -0.128. The average molecular weight is 526 g/mol. The molecule has 1 unspecified atom stereocenters. The number of anilines is 1. The van der Waals surface area contributed by atoms with Crippen molar-refractivity contribution in [2.75, 3.05) is 29.5 Å². The molecule has 2 aliphatic carbocycles. The fraction of sp³-hybridized carbons (Fsp3) is 0.607. The molecule has 5 rings (SSSR count). The minimum absolute atomic E-state index is 0.126. The summed E-state index contributed by atoms with van der Waals surface area (Å²) >= 11 is 0. The first-order valence-electron chi connectivity index (χ1n) is 13.2. The maximum Gasteiger partial charge on any atom is 0.225 e. The SMILES string of the molecule is CC(C)(C)c1nc([C@@H]2CC[C@H](F)CC2C(=O)NC2(C#N)CC2)c(-c2ccc(N3CCS(=N)CC3)cc2)o1. The second kappa shape index (κ2) is 9.86. The van der Waals surface area contributed by atoms with Crippen molar-refractivity contribution < 1.29 is 13.6 Å². The van der Waals surface area contributed by atoms with Gasteiger partial charge in [-0.15, -0.1) is 10.7 Å². The van der Waals surface area contributed by atoms with E-state index in [1.165, 1.54) is 0 Å². The molecule has 37 heavy (non-hydrogen) atoms. The van der Waals surface area contributed by atoms with Crippen LogP contribution >= 0.6 is 0 Å². The monoisotopic (exact) mass is 525 g/mol. The molecule has 2 saturated carbocycles. The Bertz CT molecular complexity index is 1210. The smallest absolute Gasteiger partial charge is 0.225 e. The molecule has 2 N–H and O–H groups in total. The van der Waals surface area contributed by atoms with Gasteiger partial charge in [0.25, 0.3) is 0 Å². The number of halogens is 1. The molecule has 7 nitrogen and oxygen atoms in total. The standard InChI is InChI=1S/C28H36FN5O2S/c1-27(2,3)26-32-23(21-9-6-19(29)16-22(21)25(35)33-28(17-30)10-11-28)24(36-26)18-4-7-20(8-5-18)34-12-14-37(31)15-13-34/h4-5,7-8,19,21-22,31H,6,9-16H2,1-3H3,(H,33,35)/t19-,21+,22?/m0/s1. The summed E-state index contributed by atoms with van der Waals surface area (Å²) in [5.41, 5.74) is 1.60. The van der Waals surface area contributed by atoms with E-state index in [0.29, 0.717) is 43.0 Å². The summed E-state index contributed by atoms with van der Waals surface area (Å²) in [4.78, 5) is 20.6. The predicted molar refractivity (Wildman–Crippen MR) is 143 cm³/mol. The van der Waals surface area contributed by atoms with Gasteiger partial charge in [0.1, 0.15) is 11.7 Å². The van der Waals surface area contributed by atoms with Crippen LogP contribution in [0.15, 0.2) is 28.7 Å². The van der Waals surface area contributed by atoms with Crippen molar-refractivity contribution in [3.8, 4) is 17.4 Å². The number of hydrogen-bond acceptors (Lipinski definition) is 6. The molecule has 0 spiro atoms. The molecule has 1 amide bonds. The van der Waals surface area contributed by atoms with Crippen molar-refractivity contribution in [1.29, 1.82) is 10.0 Å². The lowest BCUT2D eigenvalue weighted by Gasteiger charge is -2.32. The summed E-state index contributed by atoms with van der Waals surface area (Å²) in [6.07, 6.45) is 1.24. The summed E-state index contributed by atoms with van der Waals surface area (Å²) < 4.78 is 28.9. The van der Waals surface area contributed by atoms with Crippen molar-refractivity contribution >= 4 is 22.3 Å². The minimum atomic E-state index is -1.05. The molecule has 2 heterocycles. The van der Waals surface area contributed by atoms with E-state index in [4.69, 9.17) is 14.2 Å². The topological polar surface area (TPSA) is 106 Å². The second-order valence-corrected chi connectivity index (χ2v) is 13.5. The lowest BCUT2D eigenvalue weighted by atomic mass is 9.75. The van der Waals surface area contributed by atoms with E-state index in [-0.39, 0.29) is 34.4 Å². The molecule has 1 aliphatic heterocycles. The third-order valence-corrected chi connectivity index (χ3v) is 9.16. The Hall–Kier alpha value is -2.73. The second-order valence-electron chi connectivity index (χ2n) is 11.7. The number of rotatable bonds is 5. The Balaban J connectivity index is 1.48. The summed E-state index contributed by atoms with van der Waals surface area (Å²) in [6, 6.07) is 10.4. The summed E-state index contributed by atoms with van der Waals surface area (Å²) in [6.45, 7) is 7.90. The fourth-order valence-corrected chi connectivity index (χ4v) is 6.39. The number of amides is 1. The highest BCUT2D eigenvalue weighted by atomic mass is 32.2. The highest BCUT2D eigenvalue weighted by Crippen LogP contribution is 2.45. The first-order valence-corrected chi connectivity index (χ1v) is 14.8. The van der Waals surface area contributed by atoms with E-state index >= 15 is 0 Å². The molecule has 1 aromatic heterocycles. The number of alkyl halides is 1. The quantitative estimate of drug-likeness (QED) is 0.556. The molecule has 9 heteroatoms. The summed E-state index contributed by atoms with van der Waals surface area (Å²) in [5.74, 6) is 1.90. The number of carbonyl (C=O) groups is 1. The van der Waals surface area contributed by atoms with Crippen molar-refractivity contribution in [2.24, 2.45) is 5.92 Å². The van der Waals surface area contributed by atoms with Gasteiger partial charge in [-0.1, -0.05) is 20.8 Å². The van der Waals surface area contributed by atoms with Crippen molar-refractivity contribution in [2.45, 2.75) is 75.9 Å². The van der Waals surface area contributed by atoms with Gasteiger partial charge in [0.05, 0.1) is 11.8 Å². The highest BCUT2D eigenvalue weighted by molar-refractivity contribution is 7.86. The molecular weight excluding hydrogens is 489 g/mol. The maximum atomic E-state index is 14.6. The third-order valence-electron chi connectivity index (χ3n) is 7.81. The number of nitrogens with zero attached hydrogens (tertiary/aromatic N) is 3. The number of carbonyl (C=O) groups excluding carboxylic acids is 1. The lowest BCUT2D eigenvalue weighted by Crippen LogP contribution is -2.44. The normalized spacial score (nSPS) is 25.9. The number of oxazole rings is 1. The first kappa shape index (κ1) is 25.9. The van der Waals surface area contributed by atoms with Crippen LogP contribution in [0, 0.1) is 22.0 Å². The van der Waals surface area contributed by atoms with Crippen LogP contribution in [-0.2, 0) is 20.9 Å². The minimum Gasteiger partial charge on any atom is -0.440 e. The van der Waals surface area contributed by atoms with Crippen LogP contribution in [0.4, 0.5) is 10.1 Å². The Morgan fingerprint density at radius 1 is 1.24 bits per heavy atom. The zero-order chi connectivity index (χ0) is 26.4. The van der Waals surface area contributed by atoms with Crippen LogP contribution < -0.4 is 10.2 Å². The molecule has 198 valence electrons. The molecule has 3 atom stereocenters. The average Bonchev–Trinajstić information content (AvgIpc) is 3.49. The number of nitrogens with one attached hydrogen (secondary N) is 2. The predicted octanol–water partition coefficient (Wildman–Crippen LogP) is 5.23. The number of hydrogen-bond donors (Lipinski definition) is 2. The van der Waals surface area contributed by atoms with Gasteiger partial charge >= 0.3 is 0 Å². The molecule has 1 saturated heterocycles. The number of aromatic nitrogens is 1. The van der Waals surface area contributed by atoms with Crippen LogP contribution in [-0.4, -0.2) is 47.2 Å². The van der Waals surface area contributed by atoms with Crippen molar-refractivity contribution in [1.82, 2.24) is 10.3 Å². The fourth-order valence-electron chi connectivity index (χ4n) is 5.30. The molecule has 3 fully saturated rings. The van der Waals surface area contributed by atoms with Gasteiger partial charge in [0.2, 0.25) is 11.8 Å². The molecule has 0 bridgehead atoms. The summed E-state index contributed by atoms with van der Waals surface area (Å²) in [7, 11) is -0.236. The Kier molecular flexibility index (Phi) is 6.90. The van der Waals surface area contributed by atoms with Crippen LogP contribution in [0.5, 0.6) is 0 Å². The van der Waals surface area contributed by atoms with E-state index in [9.17, 15) is 14.4 Å². The molecule has 1 aromatic carbocycles. The van der Waals surface area contributed by atoms with Gasteiger partial charge in [-0.25, -0.2) is 9.37 Å². The molecular formula is C28H36FN5O2S. The summed E-state index contributed by atoms with van der Waals surface area (Å²) in [5, 5.41) is 12.4. The van der Waals surface area contributed by atoms with Gasteiger partial charge < -0.3 is 14.6 Å². The maximum absolute atomic E-state index is 14.6. The van der Waals surface area contributed by atoms with E-state index < -0.39 is 17.6 Å². The molecule has 3 aliphatic rings. The van der Waals surface area contributed by atoms with Gasteiger partial charge in [0, 0.05) is 53.1 Å². The van der Waals surface area contributed by atoms with Gasteiger partial charge in [-0.2, -0.15) is 5.26 Å². The van der Waals surface area contributed by atoms with Crippen molar-refractivity contribution in [3.05, 3.63) is 35.9 Å². The van der Waals surface area contributed by atoms with E-state index in [1.807, 2.05) is 32.9 Å². The van der Waals surface area contributed by atoms with Crippen LogP contribution in [0.1, 0.15) is 70.4 Å². The third kappa shape index (κ3) is 5.45. The number of nitriles is 1. The largest absolute Gasteiger partial charge is 0.440 e. The Morgan fingerprint density at radius 2 is 1.92 bits per heavy atom. The molecule has 0 radical (unpaired) electrons. The zero-order valence-corrected chi connectivity index (χ0v) is 22.7. The Morgan fingerprint density at radius 3 is 2.51 bits per heavy atom. The number of benzene rings is 1. The highest BCUT2D eigenvalue weighted by Gasteiger charge is 2.48. The first-order chi connectivity index (χ1) is 17.6.